The van der Waals surface area contributed by atoms with Crippen LogP contribution < -0.4 is 0 Å². The van der Waals surface area contributed by atoms with Crippen LogP contribution >= 0.6 is 0 Å². The third-order valence-corrected chi connectivity index (χ3v) is 4.74. The molecule has 0 radical (unpaired) electrons. The first kappa shape index (κ1) is 21.4. The van der Waals surface area contributed by atoms with Gasteiger partial charge >= 0.3 is 0 Å². The van der Waals surface area contributed by atoms with Gasteiger partial charge in [-0.15, -0.1) is 0 Å². The van der Waals surface area contributed by atoms with E-state index in [1.54, 1.807) is 12.1 Å². The van der Waals surface area contributed by atoms with Crippen LogP contribution in [0.5, 0.6) is 0 Å². The van der Waals surface area contributed by atoms with Crippen molar-refractivity contribution in [3.8, 4) is 0 Å². The van der Waals surface area contributed by atoms with Crippen molar-refractivity contribution in [3.05, 3.63) is 71.5 Å². The Kier molecular flexibility index (Phi) is 7.75. The number of aliphatic hydroxyl groups excluding tert-OH is 1. The van der Waals surface area contributed by atoms with E-state index in [4.69, 9.17) is 9.57 Å². The van der Waals surface area contributed by atoms with Gasteiger partial charge in [0.25, 0.3) is 0 Å². The first-order chi connectivity index (χ1) is 14.0. The topological polar surface area (TPSA) is 54.3 Å². The predicted octanol–water partition coefficient (Wildman–Crippen LogP) is 3.61. The van der Waals surface area contributed by atoms with Crippen LogP contribution in [0.3, 0.4) is 0 Å². The quantitative estimate of drug-likeness (QED) is 0.662. The third kappa shape index (κ3) is 6.63. The van der Waals surface area contributed by atoms with Crippen molar-refractivity contribution in [2.24, 2.45) is 5.16 Å². The number of hydrogen-bond donors (Lipinski definition) is 1. The Hall–Kier alpha value is -2.28. The molecule has 3 rings (SSSR count). The number of hydrogen-bond acceptors (Lipinski definition) is 5. The van der Waals surface area contributed by atoms with Gasteiger partial charge < -0.3 is 14.7 Å². The van der Waals surface area contributed by atoms with E-state index in [-0.39, 0.29) is 24.6 Å². The summed E-state index contributed by atoms with van der Waals surface area (Å²) in [4.78, 5) is 7.64. The van der Waals surface area contributed by atoms with Crippen LogP contribution in [0, 0.1) is 5.82 Å². The zero-order valence-corrected chi connectivity index (χ0v) is 17.0. The summed E-state index contributed by atoms with van der Waals surface area (Å²) < 4.78 is 19.7. The number of halogens is 1. The molecule has 0 saturated heterocycles. The number of nitrogens with zero attached hydrogens (tertiary/aromatic N) is 2. The molecule has 29 heavy (non-hydrogen) atoms. The van der Waals surface area contributed by atoms with Crippen molar-refractivity contribution in [1.82, 2.24) is 4.90 Å². The summed E-state index contributed by atoms with van der Waals surface area (Å²) in [5, 5.41) is 14.6. The summed E-state index contributed by atoms with van der Waals surface area (Å²) in [6, 6.07) is 16.6. The molecule has 1 aliphatic heterocycles. The Balaban J connectivity index is 1.62. The van der Waals surface area contributed by atoms with Gasteiger partial charge in [-0.2, -0.15) is 0 Å². The molecule has 0 spiro atoms. The van der Waals surface area contributed by atoms with Gasteiger partial charge in [0.1, 0.15) is 11.9 Å². The van der Waals surface area contributed by atoms with E-state index in [1.165, 1.54) is 6.07 Å². The number of rotatable bonds is 10. The number of ether oxygens (including phenoxy) is 1. The van der Waals surface area contributed by atoms with Gasteiger partial charge in [0.2, 0.25) is 0 Å². The highest BCUT2D eigenvalue weighted by atomic mass is 19.1. The first-order valence-electron chi connectivity index (χ1n) is 10.0. The fraction of sp³-hybridized carbons (Fsp3) is 0.435. The van der Waals surface area contributed by atoms with Gasteiger partial charge in [0.15, 0.2) is 0 Å². The molecule has 5 nitrogen and oxygen atoms in total. The Labute approximate surface area is 171 Å². The zero-order chi connectivity index (χ0) is 20.6. The lowest BCUT2D eigenvalue weighted by molar-refractivity contribution is -0.0196. The van der Waals surface area contributed by atoms with Gasteiger partial charge in [-0.3, -0.25) is 4.90 Å². The van der Waals surface area contributed by atoms with Gasteiger partial charge in [-0.25, -0.2) is 4.39 Å². The molecule has 1 aliphatic rings. The maximum atomic E-state index is 14.2. The van der Waals surface area contributed by atoms with Crippen LogP contribution in [0.15, 0.2) is 59.8 Å². The van der Waals surface area contributed by atoms with Crippen LogP contribution in [-0.4, -0.2) is 53.7 Å². The molecule has 0 saturated carbocycles. The average Bonchev–Trinajstić information content (AvgIpc) is 3.17. The Morgan fingerprint density at radius 2 is 1.90 bits per heavy atom. The molecule has 2 aromatic rings. The first-order valence-corrected chi connectivity index (χ1v) is 10.0. The van der Waals surface area contributed by atoms with Crippen molar-refractivity contribution in [3.63, 3.8) is 0 Å². The molecule has 0 aliphatic carbocycles. The molecule has 1 heterocycles. The van der Waals surface area contributed by atoms with Crippen LogP contribution in [0.2, 0.25) is 0 Å². The molecule has 2 atom stereocenters. The van der Waals surface area contributed by atoms with Gasteiger partial charge in [-0.1, -0.05) is 53.7 Å². The molecule has 0 amide bonds. The minimum Gasteiger partial charge on any atom is -0.390 e. The summed E-state index contributed by atoms with van der Waals surface area (Å²) >= 11 is 0. The van der Waals surface area contributed by atoms with Gasteiger partial charge in [0.05, 0.1) is 24.5 Å². The molecule has 0 aromatic heterocycles. The van der Waals surface area contributed by atoms with E-state index < -0.39 is 6.10 Å². The number of benzene rings is 2. The van der Waals surface area contributed by atoms with Crippen molar-refractivity contribution in [2.75, 3.05) is 19.7 Å². The number of oxime groups is 1. The second-order valence-electron chi connectivity index (χ2n) is 7.66. The summed E-state index contributed by atoms with van der Waals surface area (Å²) in [5.74, 6) is -0.251. The highest BCUT2D eigenvalue weighted by Crippen LogP contribution is 2.19. The van der Waals surface area contributed by atoms with Crippen molar-refractivity contribution < 1.29 is 19.1 Å². The lowest BCUT2D eigenvalue weighted by atomic mass is 10.0. The van der Waals surface area contributed by atoms with Crippen molar-refractivity contribution in [1.29, 1.82) is 0 Å². The highest BCUT2D eigenvalue weighted by molar-refractivity contribution is 6.01. The number of aliphatic hydroxyl groups is 1. The maximum absolute atomic E-state index is 14.2. The molecule has 0 fully saturated rings. The lowest BCUT2D eigenvalue weighted by Gasteiger charge is -2.27. The van der Waals surface area contributed by atoms with Gasteiger partial charge in [-0.05, 0) is 25.5 Å². The molecule has 0 bridgehead atoms. The van der Waals surface area contributed by atoms with E-state index in [1.807, 2.05) is 55.1 Å². The van der Waals surface area contributed by atoms with Gasteiger partial charge in [0, 0.05) is 31.6 Å². The smallest absolute Gasteiger partial charge is 0.145 e. The molecular weight excluding hydrogens is 371 g/mol. The second kappa shape index (κ2) is 10.5. The van der Waals surface area contributed by atoms with Crippen LogP contribution in [0.1, 0.15) is 31.4 Å². The fourth-order valence-electron chi connectivity index (χ4n) is 3.34. The van der Waals surface area contributed by atoms with Crippen molar-refractivity contribution >= 4 is 5.71 Å². The minimum atomic E-state index is -0.667. The lowest BCUT2D eigenvalue weighted by Crippen LogP contribution is -2.39. The molecular formula is C23H29FN2O3. The molecule has 6 heteroatoms. The average molecular weight is 400 g/mol. The van der Waals surface area contributed by atoms with Crippen molar-refractivity contribution in [2.45, 2.75) is 45.1 Å². The Morgan fingerprint density at radius 1 is 1.17 bits per heavy atom. The molecule has 1 N–H and O–H groups in total. The molecule has 156 valence electrons. The predicted molar refractivity (Wildman–Crippen MR) is 111 cm³/mol. The van der Waals surface area contributed by atoms with Crippen LogP contribution in [0.4, 0.5) is 4.39 Å². The summed E-state index contributed by atoms with van der Waals surface area (Å²) in [6.07, 6.45) is -0.0870. The third-order valence-electron chi connectivity index (χ3n) is 4.74. The fourth-order valence-corrected chi connectivity index (χ4v) is 3.34. The van der Waals surface area contributed by atoms with E-state index >= 15 is 0 Å². The normalized spacial score (nSPS) is 17.4. The maximum Gasteiger partial charge on any atom is 0.145 e. The largest absolute Gasteiger partial charge is 0.390 e. The highest BCUT2D eigenvalue weighted by Gasteiger charge is 2.26. The summed E-state index contributed by atoms with van der Waals surface area (Å²) in [7, 11) is 0. The zero-order valence-electron chi connectivity index (χ0n) is 17.0. The van der Waals surface area contributed by atoms with E-state index in [2.05, 4.69) is 5.16 Å². The summed E-state index contributed by atoms with van der Waals surface area (Å²) in [5.41, 5.74) is 2.54. The molecule has 0 unspecified atom stereocenters. The summed E-state index contributed by atoms with van der Waals surface area (Å²) in [6.45, 7) is 5.38. The van der Waals surface area contributed by atoms with Crippen LogP contribution in [-0.2, 0) is 16.1 Å². The molecule has 2 aromatic carbocycles. The SMILES string of the molecule is CC(C)OC[C@@H](O)CN(Cc1ccccc1F)C[C@@H]1CC(c2ccccc2)=NO1. The van der Waals surface area contributed by atoms with E-state index in [0.717, 1.165) is 11.3 Å². The monoisotopic (exact) mass is 400 g/mol. The van der Waals surface area contributed by atoms with E-state index in [0.29, 0.717) is 31.6 Å². The second-order valence-corrected chi connectivity index (χ2v) is 7.66. The minimum absolute atomic E-state index is 0.0460. The van der Waals surface area contributed by atoms with E-state index in [9.17, 15) is 9.50 Å². The Bertz CT molecular complexity index is 798. The standard InChI is InChI=1S/C23H29FN2O3/c1-17(2)28-16-20(27)14-26(13-19-10-6-7-11-22(19)24)15-21-12-23(25-29-21)18-8-4-3-5-9-18/h3-11,17,20-21,27H,12-16H2,1-2H3/t20-,21-/m0/s1. The van der Waals surface area contributed by atoms with Crippen LogP contribution in [0.25, 0.3) is 0 Å². The Morgan fingerprint density at radius 3 is 2.62 bits per heavy atom.